The summed E-state index contributed by atoms with van der Waals surface area (Å²) in [7, 11) is 0. The maximum absolute atomic E-state index is 5.36. The molecule has 9 aromatic rings. The Labute approximate surface area is 253 Å². The van der Waals surface area contributed by atoms with Crippen LogP contribution < -0.4 is 0 Å². The van der Waals surface area contributed by atoms with E-state index in [-0.39, 0.29) is 0 Å². The van der Waals surface area contributed by atoms with Gasteiger partial charge >= 0.3 is 0 Å². The van der Waals surface area contributed by atoms with Gasteiger partial charge in [0, 0.05) is 23.5 Å². The number of fused-ring (bicyclic) bond motifs is 6. The molecule has 4 aromatic carbocycles. The first-order valence-electron chi connectivity index (χ1n) is 14.7. The topological polar surface area (TPSA) is 48.5 Å². The van der Waals surface area contributed by atoms with Crippen LogP contribution in [0.15, 0.2) is 152 Å². The molecule has 0 atom stereocenters. The van der Waals surface area contributed by atoms with Crippen LogP contribution in [0.4, 0.5) is 0 Å². The van der Waals surface area contributed by atoms with Crippen molar-refractivity contribution in [2.45, 2.75) is 0 Å². The summed E-state index contributed by atoms with van der Waals surface area (Å²) in [6.45, 7) is 0. The van der Waals surface area contributed by atoms with E-state index < -0.39 is 0 Å². The Hall–Kier alpha value is -6.07. The summed E-state index contributed by atoms with van der Waals surface area (Å²) in [5.74, 6) is 0. The zero-order valence-corrected chi connectivity index (χ0v) is 23.7. The Morgan fingerprint density at radius 2 is 0.795 bits per heavy atom. The number of nitrogens with zero attached hydrogens (tertiary/aromatic N) is 5. The van der Waals surface area contributed by atoms with E-state index in [0.717, 1.165) is 77.8 Å². The highest BCUT2D eigenvalue weighted by Crippen LogP contribution is 2.39. The van der Waals surface area contributed by atoms with Crippen molar-refractivity contribution in [2.75, 3.05) is 0 Å². The smallest absolute Gasteiger partial charge is 0.116 e. The van der Waals surface area contributed by atoms with Crippen molar-refractivity contribution in [3.05, 3.63) is 152 Å². The highest BCUT2D eigenvalue weighted by molar-refractivity contribution is 6.13. The first kappa shape index (κ1) is 24.5. The lowest BCUT2D eigenvalue weighted by Gasteiger charge is -2.15. The molecule has 5 aromatic heterocycles. The third-order valence-corrected chi connectivity index (χ3v) is 8.43. The summed E-state index contributed by atoms with van der Waals surface area (Å²) in [6.07, 6.45) is 3.69. The quantitative estimate of drug-likeness (QED) is 0.214. The molecule has 9 rings (SSSR count). The fourth-order valence-corrected chi connectivity index (χ4v) is 6.54. The fraction of sp³-hybridized carbons (Fsp3) is 0. The largest absolute Gasteiger partial charge is 0.305 e. The summed E-state index contributed by atoms with van der Waals surface area (Å²) in [6, 6.07) is 48.7. The number of rotatable bonds is 4. The van der Waals surface area contributed by atoms with Crippen LogP contribution in [0.1, 0.15) is 0 Å². The molecule has 0 radical (unpaired) electrons. The molecular formula is C39H25N5. The van der Waals surface area contributed by atoms with Gasteiger partial charge in [-0.2, -0.15) is 0 Å². The van der Waals surface area contributed by atoms with Crippen LogP contribution in [-0.2, 0) is 0 Å². The molecule has 0 N–H and O–H groups in total. The second kappa shape index (κ2) is 9.75. The third kappa shape index (κ3) is 3.63. The first-order chi connectivity index (χ1) is 21.9. The minimum atomic E-state index is 0.858. The normalized spacial score (nSPS) is 11.6. The van der Waals surface area contributed by atoms with Crippen molar-refractivity contribution >= 4 is 44.1 Å². The van der Waals surface area contributed by atoms with Gasteiger partial charge in [0.15, 0.2) is 0 Å². The molecule has 0 fully saturated rings. The van der Waals surface area contributed by atoms with Crippen molar-refractivity contribution in [1.82, 2.24) is 24.1 Å². The molecule has 206 valence electrons. The van der Waals surface area contributed by atoms with E-state index in [2.05, 4.69) is 137 Å². The lowest BCUT2D eigenvalue weighted by molar-refractivity contribution is 1.16. The number of para-hydroxylation sites is 2. The molecule has 0 aliphatic rings. The molecule has 0 unspecified atom stereocenters. The van der Waals surface area contributed by atoms with Gasteiger partial charge in [0.25, 0.3) is 0 Å². The average molecular weight is 564 g/mol. The van der Waals surface area contributed by atoms with E-state index in [4.69, 9.17) is 15.0 Å². The molecule has 0 bridgehead atoms. The third-order valence-electron chi connectivity index (χ3n) is 8.43. The Morgan fingerprint density at radius 1 is 0.364 bits per heavy atom. The molecule has 0 aliphatic carbocycles. The predicted octanol–water partition coefficient (Wildman–Crippen LogP) is 9.40. The Balaban J connectivity index is 1.43. The van der Waals surface area contributed by atoms with Gasteiger partial charge in [-0.1, -0.05) is 97.1 Å². The van der Waals surface area contributed by atoms with E-state index in [1.807, 2.05) is 24.5 Å². The van der Waals surface area contributed by atoms with E-state index in [0.29, 0.717) is 0 Å². The second-order valence-corrected chi connectivity index (χ2v) is 10.9. The van der Waals surface area contributed by atoms with E-state index in [1.54, 1.807) is 0 Å². The van der Waals surface area contributed by atoms with Gasteiger partial charge in [-0.15, -0.1) is 0 Å². The fourth-order valence-electron chi connectivity index (χ4n) is 6.54. The predicted molar refractivity (Wildman–Crippen MR) is 179 cm³/mol. The summed E-state index contributed by atoms with van der Waals surface area (Å²) in [5, 5.41) is 0. The van der Waals surface area contributed by atoms with Gasteiger partial charge in [0.05, 0.1) is 33.4 Å². The van der Waals surface area contributed by atoms with Crippen molar-refractivity contribution in [3.8, 4) is 33.6 Å². The second-order valence-electron chi connectivity index (χ2n) is 10.9. The standard InChI is InChI=1S/C39H25N5/c1-3-13-26(14-4-1)28-17-7-9-19-30(28)43-32-21-11-23-40-36(32)38-34(43)25-35-39(42-38)37-33(22-12-24-41-37)44(35)31-20-10-8-18-29(31)27-15-5-2-6-16-27/h1-25H. The Bertz CT molecular complexity index is 2320. The molecule has 0 amide bonds. The van der Waals surface area contributed by atoms with Crippen molar-refractivity contribution in [2.24, 2.45) is 0 Å². The number of hydrogen-bond donors (Lipinski definition) is 0. The summed E-state index contributed by atoms with van der Waals surface area (Å²) < 4.78 is 4.62. The van der Waals surface area contributed by atoms with Crippen LogP contribution in [0.25, 0.3) is 77.8 Å². The summed E-state index contributed by atoms with van der Waals surface area (Å²) in [4.78, 5) is 15.1. The van der Waals surface area contributed by atoms with Gasteiger partial charge < -0.3 is 9.13 Å². The molecule has 0 spiro atoms. The number of pyridine rings is 3. The van der Waals surface area contributed by atoms with E-state index >= 15 is 0 Å². The maximum atomic E-state index is 5.36. The van der Waals surface area contributed by atoms with Gasteiger partial charge in [-0.25, -0.2) is 4.98 Å². The summed E-state index contributed by atoms with van der Waals surface area (Å²) in [5.41, 5.74) is 14.2. The minimum Gasteiger partial charge on any atom is -0.305 e. The molecule has 5 heteroatoms. The van der Waals surface area contributed by atoms with Gasteiger partial charge in [-0.3, -0.25) is 9.97 Å². The lowest BCUT2D eigenvalue weighted by atomic mass is 10.0. The summed E-state index contributed by atoms with van der Waals surface area (Å²) >= 11 is 0. The number of benzene rings is 4. The monoisotopic (exact) mass is 563 g/mol. The van der Waals surface area contributed by atoms with Crippen LogP contribution in [0.5, 0.6) is 0 Å². The average Bonchev–Trinajstić information content (AvgIpc) is 3.60. The van der Waals surface area contributed by atoms with Crippen molar-refractivity contribution < 1.29 is 0 Å². The highest BCUT2D eigenvalue weighted by atomic mass is 15.1. The van der Waals surface area contributed by atoms with Crippen LogP contribution in [0.3, 0.4) is 0 Å². The molecular weight excluding hydrogens is 538 g/mol. The zero-order valence-electron chi connectivity index (χ0n) is 23.7. The number of hydrogen-bond acceptors (Lipinski definition) is 3. The lowest BCUT2D eigenvalue weighted by Crippen LogP contribution is -1.99. The molecule has 5 nitrogen and oxygen atoms in total. The van der Waals surface area contributed by atoms with Crippen molar-refractivity contribution in [1.29, 1.82) is 0 Å². The van der Waals surface area contributed by atoms with Crippen LogP contribution in [0.2, 0.25) is 0 Å². The molecule has 5 heterocycles. The number of aromatic nitrogens is 5. The van der Waals surface area contributed by atoms with E-state index in [1.165, 1.54) is 0 Å². The maximum Gasteiger partial charge on any atom is 0.116 e. The first-order valence-corrected chi connectivity index (χ1v) is 14.7. The van der Waals surface area contributed by atoms with Gasteiger partial charge in [0.2, 0.25) is 0 Å². The van der Waals surface area contributed by atoms with Gasteiger partial charge in [0.1, 0.15) is 22.1 Å². The van der Waals surface area contributed by atoms with Gasteiger partial charge in [-0.05, 0) is 53.6 Å². The Kier molecular flexibility index (Phi) is 5.43. The molecule has 0 aliphatic heterocycles. The molecule has 44 heavy (non-hydrogen) atoms. The van der Waals surface area contributed by atoms with Crippen LogP contribution in [0, 0.1) is 0 Å². The molecule has 0 saturated carbocycles. The molecule has 0 saturated heterocycles. The zero-order chi connectivity index (χ0) is 29.0. The van der Waals surface area contributed by atoms with Crippen LogP contribution >= 0.6 is 0 Å². The van der Waals surface area contributed by atoms with Crippen molar-refractivity contribution in [3.63, 3.8) is 0 Å². The SMILES string of the molecule is c1ccc(-c2ccccc2-n2c3cccnc3c3nc4c5ncccc5n(-c5ccccc5-c5ccccc5)c4cc32)cc1. The Morgan fingerprint density at radius 3 is 1.27 bits per heavy atom. The van der Waals surface area contributed by atoms with E-state index in [9.17, 15) is 0 Å². The van der Waals surface area contributed by atoms with Crippen LogP contribution in [-0.4, -0.2) is 24.1 Å². The minimum absolute atomic E-state index is 0.858. The highest BCUT2D eigenvalue weighted by Gasteiger charge is 2.22.